The van der Waals surface area contributed by atoms with Gasteiger partial charge in [-0.15, -0.1) is 7.92 Å². The quantitative estimate of drug-likeness (QED) is 0.469. The fourth-order valence-corrected chi connectivity index (χ4v) is 6.35. The highest BCUT2D eigenvalue weighted by atomic mass is 31.1. The monoisotopic (exact) mass is 153 g/mol. The maximum Gasteiger partial charge on any atom is -0.0110 e. The topological polar surface area (TPSA) is 0 Å². The Morgan fingerprint density at radius 1 is 1.00 bits per heavy atom. The summed E-state index contributed by atoms with van der Waals surface area (Å²) < 4.78 is 0. The Morgan fingerprint density at radius 3 is 2.20 bits per heavy atom. The molecular formula is C9H14P. The van der Waals surface area contributed by atoms with Crippen LogP contribution in [0.25, 0.3) is 0 Å². The molecule has 0 N–H and O–H groups in total. The number of rotatable bonds is 0. The Labute approximate surface area is 64.1 Å². The van der Waals surface area contributed by atoms with Crippen LogP contribution < -0.4 is 0 Å². The lowest BCUT2D eigenvalue weighted by Crippen LogP contribution is -2.36. The van der Waals surface area contributed by atoms with E-state index in [1.54, 1.807) is 31.6 Å². The van der Waals surface area contributed by atoms with E-state index in [9.17, 15) is 0 Å². The zero-order valence-corrected chi connectivity index (χ0v) is 7.19. The first-order valence-corrected chi connectivity index (χ1v) is 6.27. The van der Waals surface area contributed by atoms with Crippen LogP contribution >= 0.6 is 7.92 Å². The molecule has 0 spiro atoms. The predicted octanol–water partition coefficient (Wildman–Crippen LogP) is 2.69. The molecule has 0 amide bonds. The van der Waals surface area contributed by atoms with Gasteiger partial charge in [0.1, 0.15) is 0 Å². The maximum absolute atomic E-state index is 2.72. The van der Waals surface area contributed by atoms with E-state index >= 15 is 0 Å². The fourth-order valence-electron chi connectivity index (χ4n) is 3.19. The second-order valence-corrected chi connectivity index (χ2v) is 6.51. The van der Waals surface area contributed by atoms with Crippen molar-refractivity contribution in [2.45, 2.75) is 19.3 Å². The molecule has 0 nitrogen and oxygen atoms in total. The molecule has 4 bridgehead atoms. The highest BCUT2D eigenvalue weighted by Crippen LogP contribution is 2.62. The normalized spacial score (nSPS) is 57.6. The van der Waals surface area contributed by atoms with Crippen molar-refractivity contribution in [2.24, 2.45) is 17.8 Å². The van der Waals surface area contributed by atoms with E-state index in [-0.39, 0.29) is 0 Å². The minimum Gasteiger partial charge on any atom is -0.102 e. The molecule has 2 atom stereocenters. The van der Waals surface area contributed by atoms with Crippen LogP contribution in [0.4, 0.5) is 0 Å². The van der Waals surface area contributed by atoms with Crippen molar-refractivity contribution in [3.8, 4) is 0 Å². The van der Waals surface area contributed by atoms with E-state index < -0.39 is 0 Å². The van der Waals surface area contributed by atoms with Crippen molar-refractivity contribution in [1.29, 1.82) is 0 Å². The van der Waals surface area contributed by atoms with Gasteiger partial charge in [-0.1, -0.05) is 0 Å². The molecule has 1 radical (unpaired) electrons. The molecule has 1 saturated carbocycles. The molecule has 1 heteroatoms. The van der Waals surface area contributed by atoms with Gasteiger partial charge in [0.2, 0.25) is 0 Å². The third-order valence-corrected chi connectivity index (χ3v) is 6.16. The fraction of sp³-hybridized carbons (Fsp3) is 0.889. The first-order valence-electron chi connectivity index (χ1n) is 4.49. The van der Waals surface area contributed by atoms with Gasteiger partial charge in [-0.25, -0.2) is 0 Å². The zero-order chi connectivity index (χ0) is 6.55. The summed E-state index contributed by atoms with van der Waals surface area (Å²) in [5.41, 5.74) is 0. The van der Waals surface area contributed by atoms with Gasteiger partial charge < -0.3 is 0 Å². The molecule has 4 rings (SSSR count). The van der Waals surface area contributed by atoms with E-state index in [0.29, 0.717) is 7.92 Å². The first kappa shape index (κ1) is 6.00. The van der Waals surface area contributed by atoms with E-state index in [2.05, 4.69) is 6.16 Å². The molecule has 0 aromatic carbocycles. The Balaban J connectivity index is 1.90. The largest absolute Gasteiger partial charge is 0.102 e. The van der Waals surface area contributed by atoms with Crippen LogP contribution in [0.5, 0.6) is 0 Å². The maximum atomic E-state index is 2.72. The van der Waals surface area contributed by atoms with E-state index in [0.717, 1.165) is 5.92 Å². The molecule has 3 saturated heterocycles. The van der Waals surface area contributed by atoms with Crippen molar-refractivity contribution in [3.63, 3.8) is 0 Å². The molecule has 3 aliphatic heterocycles. The van der Waals surface area contributed by atoms with Crippen molar-refractivity contribution in [1.82, 2.24) is 0 Å². The zero-order valence-electron chi connectivity index (χ0n) is 6.29. The van der Waals surface area contributed by atoms with Crippen LogP contribution in [0.3, 0.4) is 0 Å². The second kappa shape index (κ2) is 1.97. The molecule has 55 valence electrons. The number of hydrogen-bond donors (Lipinski definition) is 0. The van der Waals surface area contributed by atoms with Crippen molar-refractivity contribution >= 4 is 7.92 Å². The van der Waals surface area contributed by atoms with Crippen LogP contribution in [0, 0.1) is 23.9 Å². The molecule has 3 heterocycles. The molecule has 10 heavy (non-hydrogen) atoms. The van der Waals surface area contributed by atoms with E-state index in [1.807, 2.05) is 0 Å². The third kappa shape index (κ3) is 0.780. The van der Waals surface area contributed by atoms with Gasteiger partial charge in [0, 0.05) is 0 Å². The summed E-state index contributed by atoms with van der Waals surface area (Å²) in [6.45, 7) is 0. The Morgan fingerprint density at radius 2 is 1.70 bits per heavy atom. The van der Waals surface area contributed by atoms with Gasteiger partial charge in [0.15, 0.2) is 0 Å². The van der Waals surface area contributed by atoms with Crippen LogP contribution in [-0.4, -0.2) is 12.3 Å². The molecule has 0 aromatic heterocycles. The van der Waals surface area contributed by atoms with Crippen LogP contribution in [0.1, 0.15) is 19.3 Å². The SMILES string of the molecule is [CH]1C2CC3CC(C2)CP1C3. The summed E-state index contributed by atoms with van der Waals surface area (Å²) in [7, 11) is 0.463. The lowest BCUT2D eigenvalue weighted by Gasteiger charge is -2.49. The molecule has 2 unspecified atom stereocenters. The summed E-state index contributed by atoms with van der Waals surface area (Å²) >= 11 is 0. The van der Waals surface area contributed by atoms with Gasteiger partial charge in [0.25, 0.3) is 0 Å². The smallest absolute Gasteiger partial charge is 0.0110 e. The molecule has 1 aliphatic carbocycles. The summed E-state index contributed by atoms with van der Waals surface area (Å²) in [6, 6.07) is 0. The highest BCUT2D eigenvalue weighted by molar-refractivity contribution is 7.60. The van der Waals surface area contributed by atoms with Gasteiger partial charge in [0.05, 0.1) is 0 Å². The van der Waals surface area contributed by atoms with Crippen molar-refractivity contribution in [3.05, 3.63) is 6.16 Å². The Kier molecular flexibility index (Phi) is 1.18. The summed E-state index contributed by atoms with van der Waals surface area (Å²) in [5.74, 6) is 3.43. The Hall–Kier alpha value is 0.430. The van der Waals surface area contributed by atoms with E-state index in [1.165, 1.54) is 11.8 Å². The second-order valence-electron chi connectivity index (χ2n) is 4.30. The average Bonchev–Trinajstić information content (AvgIpc) is 1.82. The van der Waals surface area contributed by atoms with Crippen molar-refractivity contribution in [2.75, 3.05) is 12.3 Å². The van der Waals surface area contributed by atoms with Crippen LogP contribution in [0.2, 0.25) is 0 Å². The molecule has 4 aliphatic rings. The van der Waals surface area contributed by atoms with Gasteiger partial charge >= 0.3 is 0 Å². The molecule has 4 fully saturated rings. The minimum atomic E-state index is 0.463. The molecular weight excluding hydrogens is 139 g/mol. The van der Waals surface area contributed by atoms with Gasteiger partial charge in [-0.3, -0.25) is 0 Å². The average molecular weight is 153 g/mol. The van der Waals surface area contributed by atoms with Crippen LogP contribution in [-0.2, 0) is 0 Å². The van der Waals surface area contributed by atoms with Crippen molar-refractivity contribution < 1.29 is 0 Å². The summed E-state index contributed by atoms with van der Waals surface area (Å²) in [4.78, 5) is 0. The third-order valence-electron chi connectivity index (χ3n) is 3.35. The predicted molar refractivity (Wildman–Crippen MR) is 45.3 cm³/mol. The first-order chi connectivity index (χ1) is 4.90. The van der Waals surface area contributed by atoms with Gasteiger partial charge in [-0.05, 0) is 55.5 Å². The summed E-state index contributed by atoms with van der Waals surface area (Å²) in [5, 5.41) is 0. The lowest BCUT2D eigenvalue weighted by molar-refractivity contribution is 0.227. The van der Waals surface area contributed by atoms with Gasteiger partial charge in [-0.2, -0.15) is 0 Å². The van der Waals surface area contributed by atoms with E-state index in [4.69, 9.17) is 0 Å². The summed E-state index contributed by atoms with van der Waals surface area (Å²) in [6.07, 6.45) is 10.7. The Bertz CT molecular complexity index is 96.3. The minimum absolute atomic E-state index is 0.463. The lowest BCUT2D eigenvalue weighted by atomic mass is 9.76. The standard InChI is InChI=1S/C9H14P/c1-7-2-9-3-8(1)5-10(4-7)6-9/h4,7-9H,1-3,5-6H2. The molecule has 0 aromatic rings. The highest BCUT2D eigenvalue weighted by Gasteiger charge is 2.41. The number of hydrogen-bond acceptors (Lipinski definition) is 0. The van der Waals surface area contributed by atoms with Crippen LogP contribution in [0.15, 0.2) is 0 Å².